The molecule has 0 saturated carbocycles. The number of likely N-dealkylation sites (N-methyl/N-ethyl adjacent to an activating group) is 1. The highest BCUT2D eigenvalue weighted by atomic mass is 16.2. The Kier molecular flexibility index (Phi) is 3.94. The van der Waals surface area contributed by atoms with Crippen LogP contribution >= 0.6 is 0 Å². The molecule has 2 amide bonds. The Morgan fingerprint density at radius 2 is 2.04 bits per heavy atom. The summed E-state index contributed by atoms with van der Waals surface area (Å²) in [5.74, 6) is 0.258. The predicted molar refractivity (Wildman–Crippen MR) is 96.2 cm³/mol. The molecule has 1 aromatic heterocycles. The number of hydrogen-bond acceptors (Lipinski definition) is 3. The van der Waals surface area contributed by atoms with Gasteiger partial charge >= 0.3 is 0 Å². The van der Waals surface area contributed by atoms with Gasteiger partial charge in [-0.05, 0) is 49.9 Å². The lowest BCUT2D eigenvalue weighted by Crippen LogP contribution is -2.61. The van der Waals surface area contributed by atoms with Crippen LogP contribution in [-0.4, -0.2) is 52.3 Å². The van der Waals surface area contributed by atoms with E-state index in [4.69, 9.17) is 0 Å². The van der Waals surface area contributed by atoms with E-state index in [2.05, 4.69) is 4.98 Å². The third-order valence-electron chi connectivity index (χ3n) is 5.81. The fraction of sp³-hybridized carbons (Fsp3) is 0.450. The molecular formula is C20H23N3O2. The number of likely N-dealkylation sites (tertiary alicyclic amines) is 2. The summed E-state index contributed by atoms with van der Waals surface area (Å²) < 4.78 is 0. The molecule has 2 saturated heterocycles. The number of piperidine rings is 2. The Labute approximate surface area is 147 Å². The zero-order chi connectivity index (χ0) is 17.4. The maximum absolute atomic E-state index is 13.1. The van der Waals surface area contributed by atoms with Gasteiger partial charge in [0.15, 0.2) is 0 Å². The number of fused-ring (bicyclic) bond motifs is 1. The SMILES string of the molecule is CN1C(=O)CCC[C@]12CCCN(C(=O)c1ccc3ncccc3c1)C2. The first-order chi connectivity index (χ1) is 12.1. The Morgan fingerprint density at radius 1 is 1.20 bits per heavy atom. The van der Waals surface area contributed by atoms with Crippen LogP contribution in [-0.2, 0) is 4.79 Å². The number of nitrogens with zero attached hydrogens (tertiary/aromatic N) is 3. The van der Waals surface area contributed by atoms with Crippen molar-refractivity contribution in [2.24, 2.45) is 0 Å². The Balaban J connectivity index is 1.59. The zero-order valence-electron chi connectivity index (χ0n) is 14.6. The molecule has 0 aliphatic carbocycles. The summed E-state index contributed by atoms with van der Waals surface area (Å²) in [4.78, 5) is 33.4. The van der Waals surface area contributed by atoms with Crippen molar-refractivity contribution in [1.82, 2.24) is 14.8 Å². The lowest BCUT2D eigenvalue weighted by molar-refractivity contribution is -0.142. The van der Waals surface area contributed by atoms with E-state index >= 15 is 0 Å². The van der Waals surface area contributed by atoms with E-state index in [1.165, 1.54) is 0 Å². The maximum atomic E-state index is 13.1. The van der Waals surface area contributed by atoms with Gasteiger partial charge in [0.25, 0.3) is 5.91 Å². The highest BCUT2D eigenvalue weighted by molar-refractivity contribution is 5.98. The molecule has 2 aliphatic rings. The van der Waals surface area contributed by atoms with Crippen LogP contribution in [0, 0.1) is 0 Å². The lowest BCUT2D eigenvalue weighted by Gasteiger charge is -2.50. The maximum Gasteiger partial charge on any atom is 0.253 e. The normalized spacial score (nSPS) is 24.1. The molecule has 25 heavy (non-hydrogen) atoms. The summed E-state index contributed by atoms with van der Waals surface area (Å²) in [6.07, 6.45) is 6.23. The van der Waals surface area contributed by atoms with Crippen molar-refractivity contribution in [2.45, 2.75) is 37.6 Å². The summed E-state index contributed by atoms with van der Waals surface area (Å²) in [7, 11) is 1.90. The van der Waals surface area contributed by atoms with Crippen LogP contribution < -0.4 is 0 Å². The summed E-state index contributed by atoms with van der Waals surface area (Å²) in [6.45, 7) is 1.40. The number of carbonyl (C=O) groups is 2. The van der Waals surface area contributed by atoms with Crippen molar-refractivity contribution in [3.8, 4) is 0 Å². The van der Waals surface area contributed by atoms with Crippen LogP contribution in [0.4, 0.5) is 0 Å². The summed E-state index contributed by atoms with van der Waals surface area (Å²) >= 11 is 0. The van der Waals surface area contributed by atoms with Crippen molar-refractivity contribution >= 4 is 22.7 Å². The molecule has 5 heteroatoms. The third-order valence-corrected chi connectivity index (χ3v) is 5.81. The van der Waals surface area contributed by atoms with Gasteiger partial charge in [0.1, 0.15) is 0 Å². The molecule has 5 nitrogen and oxygen atoms in total. The standard InChI is InChI=1S/C20H23N3O2/c1-22-18(24)6-2-9-20(22)10-4-12-23(14-20)19(25)16-7-8-17-15(13-16)5-3-11-21-17/h3,5,7-8,11,13H,2,4,6,9-10,12,14H2,1H3/t20-/m1/s1. The first kappa shape index (κ1) is 16.1. The van der Waals surface area contributed by atoms with Gasteiger partial charge in [-0.3, -0.25) is 14.6 Å². The first-order valence-electron chi connectivity index (χ1n) is 9.00. The molecule has 0 N–H and O–H groups in total. The highest BCUT2D eigenvalue weighted by Gasteiger charge is 2.44. The van der Waals surface area contributed by atoms with Crippen molar-refractivity contribution in [2.75, 3.05) is 20.1 Å². The predicted octanol–water partition coefficient (Wildman–Crippen LogP) is 2.85. The van der Waals surface area contributed by atoms with E-state index in [0.29, 0.717) is 18.5 Å². The number of rotatable bonds is 1. The van der Waals surface area contributed by atoms with Crippen molar-refractivity contribution in [3.05, 3.63) is 42.1 Å². The second kappa shape index (κ2) is 6.14. The number of amides is 2. The van der Waals surface area contributed by atoms with Gasteiger partial charge < -0.3 is 9.80 Å². The fourth-order valence-electron chi connectivity index (χ4n) is 4.32. The quantitative estimate of drug-likeness (QED) is 0.804. The van der Waals surface area contributed by atoms with Crippen LogP contribution in [0.25, 0.3) is 10.9 Å². The highest BCUT2D eigenvalue weighted by Crippen LogP contribution is 2.36. The van der Waals surface area contributed by atoms with E-state index in [1.54, 1.807) is 6.20 Å². The molecule has 130 valence electrons. The summed E-state index contributed by atoms with van der Waals surface area (Å²) in [5, 5.41) is 0.977. The van der Waals surface area contributed by atoms with Crippen LogP contribution in [0.5, 0.6) is 0 Å². The Bertz CT molecular complexity index is 831. The van der Waals surface area contributed by atoms with Crippen molar-refractivity contribution in [3.63, 3.8) is 0 Å². The van der Waals surface area contributed by atoms with Crippen molar-refractivity contribution < 1.29 is 9.59 Å². The largest absolute Gasteiger partial charge is 0.338 e. The minimum absolute atomic E-state index is 0.0521. The molecule has 1 spiro atoms. The van der Waals surface area contributed by atoms with E-state index in [1.807, 2.05) is 47.2 Å². The molecule has 0 bridgehead atoms. The zero-order valence-corrected chi connectivity index (χ0v) is 14.6. The molecule has 1 atom stereocenters. The number of hydrogen-bond donors (Lipinski definition) is 0. The van der Waals surface area contributed by atoms with E-state index in [9.17, 15) is 9.59 Å². The van der Waals surface area contributed by atoms with E-state index in [0.717, 1.165) is 43.1 Å². The molecule has 1 aromatic carbocycles. The smallest absolute Gasteiger partial charge is 0.253 e. The molecule has 4 rings (SSSR count). The molecular weight excluding hydrogens is 314 g/mol. The Morgan fingerprint density at radius 3 is 2.92 bits per heavy atom. The topological polar surface area (TPSA) is 53.5 Å². The van der Waals surface area contributed by atoms with Gasteiger partial charge in [0.05, 0.1) is 11.1 Å². The fourth-order valence-corrected chi connectivity index (χ4v) is 4.32. The van der Waals surface area contributed by atoms with E-state index < -0.39 is 0 Å². The number of carbonyl (C=O) groups excluding carboxylic acids is 2. The molecule has 0 unspecified atom stereocenters. The van der Waals surface area contributed by atoms with Crippen LogP contribution in [0.1, 0.15) is 42.5 Å². The molecule has 2 aliphatic heterocycles. The summed E-state index contributed by atoms with van der Waals surface area (Å²) in [6, 6.07) is 9.54. The average molecular weight is 337 g/mol. The third kappa shape index (κ3) is 2.77. The Hall–Kier alpha value is -2.43. The second-order valence-electron chi connectivity index (χ2n) is 7.27. The molecule has 2 fully saturated rings. The summed E-state index contributed by atoms with van der Waals surface area (Å²) in [5.41, 5.74) is 1.41. The van der Waals surface area contributed by atoms with Crippen LogP contribution in [0.15, 0.2) is 36.5 Å². The van der Waals surface area contributed by atoms with Gasteiger partial charge in [-0.15, -0.1) is 0 Å². The van der Waals surface area contributed by atoms with Crippen LogP contribution in [0.3, 0.4) is 0 Å². The molecule has 2 aromatic rings. The number of benzene rings is 1. The average Bonchev–Trinajstić information content (AvgIpc) is 2.65. The van der Waals surface area contributed by atoms with Crippen LogP contribution in [0.2, 0.25) is 0 Å². The van der Waals surface area contributed by atoms with Crippen molar-refractivity contribution in [1.29, 1.82) is 0 Å². The van der Waals surface area contributed by atoms with Gasteiger partial charge in [-0.1, -0.05) is 6.07 Å². The second-order valence-corrected chi connectivity index (χ2v) is 7.27. The molecule has 3 heterocycles. The van der Waals surface area contributed by atoms with Gasteiger partial charge in [-0.2, -0.15) is 0 Å². The number of aromatic nitrogens is 1. The number of pyridine rings is 1. The minimum atomic E-state index is -0.179. The van der Waals surface area contributed by atoms with Gasteiger partial charge in [0, 0.05) is 43.7 Å². The first-order valence-corrected chi connectivity index (χ1v) is 9.00. The molecule has 0 radical (unpaired) electrons. The van der Waals surface area contributed by atoms with Gasteiger partial charge in [-0.25, -0.2) is 0 Å². The van der Waals surface area contributed by atoms with E-state index in [-0.39, 0.29) is 17.4 Å². The minimum Gasteiger partial charge on any atom is -0.338 e. The van der Waals surface area contributed by atoms with Gasteiger partial charge in [0.2, 0.25) is 5.91 Å². The monoisotopic (exact) mass is 337 g/mol. The lowest BCUT2D eigenvalue weighted by atomic mass is 9.80.